The molecule has 0 saturated carbocycles. The lowest BCUT2D eigenvalue weighted by molar-refractivity contribution is -0.178. The summed E-state index contributed by atoms with van der Waals surface area (Å²) >= 11 is 3.61. The van der Waals surface area contributed by atoms with Gasteiger partial charge in [0.25, 0.3) is 8.32 Å². The van der Waals surface area contributed by atoms with E-state index in [0.717, 1.165) is 10.6 Å². The molecule has 4 nitrogen and oxygen atoms in total. The molecule has 0 radical (unpaired) electrons. The first-order valence-corrected chi connectivity index (χ1v) is 16.6. The quantitative estimate of drug-likeness (QED) is 0.286. The second-order valence-electron chi connectivity index (χ2n) is 10.6. The summed E-state index contributed by atoms with van der Waals surface area (Å²) in [5.41, 5.74) is -0.0961. The van der Waals surface area contributed by atoms with Gasteiger partial charge in [-0.3, -0.25) is 4.79 Å². The lowest BCUT2D eigenvalue weighted by atomic mass is 10.0. The Bertz CT molecular complexity index is 1150. The molecular formula is C30H34O4S2Si. The van der Waals surface area contributed by atoms with Crippen molar-refractivity contribution < 1.29 is 18.7 Å². The van der Waals surface area contributed by atoms with Crippen molar-refractivity contribution in [2.75, 3.05) is 5.75 Å². The van der Waals surface area contributed by atoms with E-state index < -0.39 is 14.4 Å². The average Bonchev–Trinajstić information content (AvgIpc) is 2.89. The molecule has 0 amide bonds. The fourth-order valence-electron chi connectivity index (χ4n) is 5.49. The van der Waals surface area contributed by atoms with Crippen LogP contribution in [0.25, 0.3) is 0 Å². The Morgan fingerprint density at radius 1 is 0.892 bits per heavy atom. The van der Waals surface area contributed by atoms with Crippen LogP contribution in [0, 0.1) is 0 Å². The van der Waals surface area contributed by atoms with Crippen LogP contribution in [0.4, 0.5) is 0 Å². The van der Waals surface area contributed by atoms with E-state index in [4.69, 9.17) is 13.9 Å². The standard InChI is InChI=1S/C30H34O4S2Si/c1-21(31)32-26-25-20-35-28(29(33-25)36-22-14-8-5-9-15-22)27(26)34-37(30(2,3)4,23-16-10-6-11-17-23)24-18-12-7-13-19-24/h5-19,25-29H,20H2,1-4H3/t25-,26-,27+,28+,29?/m1/s1. The number of hydrogen-bond donors (Lipinski definition) is 0. The van der Waals surface area contributed by atoms with Crippen LogP contribution in [0.1, 0.15) is 27.7 Å². The summed E-state index contributed by atoms with van der Waals surface area (Å²) in [6.07, 6.45) is -0.963. The highest BCUT2D eigenvalue weighted by Gasteiger charge is 2.59. The van der Waals surface area contributed by atoms with E-state index in [2.05, 4.69) is 106 Å². The number of rotatable bonds is 7. The van der Waals surface area contributed by atoms with Gasteiger partial charge in [0, 0.05) is 17.6 Å². The van der Waals surface area contributed by atoms with Crippen LogP contribution >= 0.6 is 23.5 Å². The Morgan fingerprint density at radius 2 is 1.43 bits per heavy atom. The maximum absolute atomic E-state index is 12.3. The molecule has 3 aromatic rings. The molecule has 5 atom stereocenters. The lowest BCUT2D eigenvalue weighted by Crippen LogP contribution is -2.72. The second-order valence-corrected chi connectivity index (χ2v) is 17.2. The molecule has 3 saturated heterocycles. The number of benzene rings is 3. The molecule has 3 aromatic carbocycles. The van der Waals surface area contributed by atoms with Gasteiger partial charge < -0.3 is 13.9 Å². The van der Waals surface area contributed by atoms with Crippen molar-refractivity contribution in [1.29, 1.82) is 0 Å². The van der Waals surface area contributed by atoms with Crippen LogP contribution in [-0.2, 0) is 18.7 Å². The third-order valence-corrected chi connectivity index (χ3v) is 14.9. The highest BCUT2D eigenvalue weighted by Crippen LogP contribution is 2.48. The Morgan fingerprint density at radius 3 is 1.95 bits per heavy atom. The van der Waals surface area contributed by atoms with Crippen LogP contribution in [0.2, 0.25) is 5.04 Å². The summed E-state index contributed by atoms with van der Waals surface area (Å²) in [6.45, 7) is 8.31. The van der Waals surface area contributed by atoms with Crippen molar-refractivity contribution in [3.05, 3.63) is 91.0 Å². The zero-order valence-corrected chi connectivity index (χ0v) is 24.3. The molecule has 37 heavy (non-hydrogen) atoms. The van der Waals surface area contributed by atoms with Crippen molar-refractivity contribution in [2.45, 2.75) is 66.6 Å². The SMILES string of the molecule is CC(=O)O[C@H]1[C@H](O[Si](c2ccccc2)(c2ccccc2)C(C)(C)C)[C@@H]2SC[C@H]1OC2Sc1ccccc1. The van der Waals surface area contributed by atoms with Gasteiger partial charge in [0.1, 0.15) is 17.6 Å². The molecule has 6 rings (SSSR count). The van der Waals surface area contributed by atoms with Gasteiger partial charge in [-0.1, -0.05) is 111 Å². The van der Waals surface area contributed by atoms with Crippen molar-refractivity contribution in [3.8, 4) is 0 Å². The van der Waals surface area contributed by atoms with E-state index in [1.807, 2.05) is 17.8 Å². The lowest BCUT2D eigenvalue weighted by Gasteiger charge is -2.54. The van der Waals surface area contributed by atoms with Crippen LogP contribution in [0.3, 0.4) is 0 Å². The Hall–Kier alpha value is -2.03. The highest BCUT2D eigenvalue weighted by molar-refractivity contribution is 8.04. The van der Waals surface area contributed by atoms with E-state index in [1.165, 1.54) is 17.3 Å². The monoisotopic (exact) mass is 550 g/mol. The van der Waals surface area contributed by atoms with Crippen LogP contribution in [-0.4, -0.2) is 49.0 Å². The molecule has 7 heteroatoms. The molecule has 3 aliphatic rings. The zero-order chi connectivity index (χ0) is 26.0. The third-order valence-electron chi connectivity index (χ3n) is 7.07. The van der Waals surface area contributed by atoms with Crippen LogP contribution in [0.5, 0.6) is 0 Å². The van der Waals surface area contributed by atoms with Gasteiger partial charge in [0.05, 0.1) is 5.25 Å². The molecule has 3 aliphatic heterocycles. The first kappa shape index (κ1) is 26.6. The number of carbonyl (C=O) groups is 1. The zero-order valence-electron chi connectivity index (χ0n) is 21.7. The Kier molecular flexibility index (Phi) is 7.89. The summed E-state index contributed by atoms with van der Waals surface area (Å²) in [7, 11) is -2.86. The van der Waals surface area contributed by atoms with E-state index in [1.54, 1.807) is 11.8 Å². The molecule has 3 heterocycles. The first-order valence-electron chi connectivity index (χ1n) is 12.7. The summed E-state index contributed by atoms with van der Waals surface area (Å²) in [5.74, 6) is 0.490. The van der Waals surface area contributed by atoms with E-state index in [9.17, 15) is 4.79 Å². The molecule has 3 fully saturated rings. The molecule has 2 bridgehead atoms. The summed E-state index contributed by atoms with van der Waals surface area (Å²) in [6, 6.07) is 31.6. The number of carbonyl (C=O) groups excluding carboxylic acids is 1. The summed E-state index contributed by atoms with van der Waals surface area (Å²) < 4.78 is 20.1. The maximum Gasteiger partial charge on any atom is 0.303 e. The Balaban J connectivity index is 1.61. The fourth-order valence-corrected chi connectivity index (χ4v) is 13.1. The molecule has 0 aliphatic carbocycles. The molecule has 1 unspecified atom stereocenters. The minimum atomic E-state index is -2.86. The number of hydrogen-bond acceptors (Lipinski definition) is 6. The molecule has 0 aromatic heterocycles. The predicted molar refractivity (Wildman–Crippen MR) is 155 cm³/mol. The van der Waals surface area contributed by atoms with Crippen LogP contribution < -0.4 is 10.4 Å². The van der Waals surface area contributed by atoms with Gasteiger partial charge in [-0.15, -0.1) is 11.8 Å². The molecule has 0 spiro atoms. The average molecular weight is 551 g/mol. The van der Waals surface area contributed by atoms with Gasteiger partial charge in [0.2, 0.25) is 0 Å². The highest BCUT2D eigenvalue weighted by atomic mass is 32.2. The summed E-state index contributed by atoms with van der Waals surface area (Å²) in [4.78, 5) is 13.4. The number of ether oxygens (including phenoxy) is 2. The summed E-state index contributed by atoms with van der Waals surface area (Å²) in [5, 5.41) is 2.27. The van der Waals surface area contributed by atoms with Gasteiger partial charge in [-0.2, -0.15) is 0 Å². The predicted octanol–water partition coefficient (Wildman–Crippen LogP) is 5.50. The van der Waals surface area contributed by atoms with E-state index in [0.29, 0.717) is 0 Å². The number of esters is 1. The van der Waals surface area contributed by atoms with E-state index in [-0.39, 0.29) is 33.9 Å². The van der Waals surface area contributed by atoms with Crippen LogP contribution in [0.15, 0.2) is 95.9 Å². The van der Waals surface area contributed by atoms with Gasteiger partial charge in [0.15, 0.2) is 6.10 Å². The van der Waals surface area contributed by atoms with Gasteiger partial charge in [-0.25, -0.2) is 0 Å². The topological polar surface area (TPSA) is 44.8 Å². The maximum atomic E-state index is 12.3. The molecular weight excluding hydrogens is 517 g/mol. The molecule has 0 N–H and O–H groups in total. The fraction of sp³-hybridized carbons (Fsp3) is 0.367. The van der Waals surface area contributed by atoms with Gasteiger partial charge in [-0.05, 0) is 27.5 Å². The largest absolute Gasteiger partial charge is 0.457 e. The number of fused-ring (bicyclic) bond motifs is 3. The third kappa shape index (κ3) is 5.29. The van der Waals surface area contributed by atoms with Crippen molar-refractivity contribution in [1.82, 2.24) is 0 Å². The Labute approximate surface area is 229 Å². The van der Waals surface area contributed by atoms with E-state index >= 15 is 0 Å². The van der Waals surface area contributed by atoms with Gasteiger partial charge >= 0.3 is 5.97 Å². The molecule has 194 valence electrons. The van der Waals surface area contributed by atoms with Crippen molar-refractivity contribution >= 4 is 48.2 Å². The first-order chi connectivity index (χ1) is 17.8. The van der Waals surface area contributed by atoms with Crippen molar-refractivity contribution in [3.63, 3.8) is 0 Å². The second kappa shape index (κ2) is 11.0. The minimum Gasteiger partial charge on any atom is -0.457 e. The normalized spacial score (nSPS) is 25.6. The number of thioether (sulfide) groups is 2. The minimum absolute atomic E-state index is 0.0150. The smallest absolute Gasteiger partial charge is 0.303 e. The van der Waals surface area contributed by atoms with Crippen molar-refractivity contribution in [2.24, 2.45) is 0 Å².